The Morgan fingerprint density at radius 1 is 0.889 bits per heavy atom. The molecule has 0 spiro atoms. The van der Waals surface area contributed by atoms with E-state index in [1.54, 1.807) is 42.5 Å². The Labute approximate surface area is 102 Å². The molecule has 3 rings (SSSR count). The first-order valence-electron chi connectivity index (χ1n) is 5.52. The molecular weight excluding hydrogens is 228 g/mol. The number of hydrogen-bond acceptors (Lipinski definition) is 3. The van der Waals surface area contributed by atoms with Crippen molar-refractivity contribution in [2.75, 3.05) is 5.73 Å². The molecule has 0 aliphatic carbocycles. The highest BCUT2D eigenvalue weighted by atomic mass is 16.1. The van der Waals surface area contributed by atoms with Gasteiger partial charge in [-0.1, -0.05) is 18.2 Å². The van der Waals surface area contributed by atoms with Crippen molar-refractivity contribution in [3.8, 4) is 0 Å². The van der Waals surface area contributed by atoms with Crippen molar-refractivity contribution < 1.29 is 0 Å². The number of para-hydroxylation sites is 1. The fourth-order valence-corrected chi connectivity index (χ4v) is 2.13. The Bertz CT molecular complexity index is 882. The first kappa shape index (κ1) is 10.5. The van der Waals surface area contributed by atoms with Crippen molar-refractivity contribution in [1.82, 2.24) is 4.98 Å². The molecule has 0 saturated carbocycles. The third kappa shape index (κ3) is 1.39. The molecule has 0 aliphatic rings. The molecule has 0 aliphatic heterocycles. The van der Waals surface area contributed by atoms with Crippen molar-refractivity contribution in [3.05, 3.63) is 63.0 Å². The molecule has 4 nitrogen and oxygen atoms in total. The van der Waals surface area contributed by atoms with E-state index < -0.39 is 0 Å². The van der Waals surface area contributed by atoms with Crippen LogP contribution in [0.2, 0.25) is 0 Å². The zero-order valence-corrected chi connectivity index (χ0v) is 9.44. The average Bonchev–Trinajstić information content (AvgIpc) is 2.48. The summed E-state index contributed by atoms with van der Waals surface area (Å²) in [5.74, 6) is 0. The monoisotopic (exact) mass is 238 g/mol. The maximum absolute atomic E-state index is 12.4. The predicted molar refractivity (Wildman–Crippen MR) is 72.8 cm³/mol. The van der Waals surface area contributed by atoms with Crippen LogP contribution in [-0.4, -0.2) is 4.98 Å². The van der Waals surface area contributed by atoms with E-state index >= 15 is 0 Å². The molecule has 18 heavy (non-hydrogen) atoms. The molecule has 0 unspecified atom stereocenters. The number of nitrogens with one attached hydrogen (secondary N) is 1. The predicted octanol–water partition coefficient (Wildman–Crippen LogP) is 1.62. The van der Waals surface area contributed by atoms with Crippen LogP contribution in [0, 0.1) is 0 Å². The first-order chi connectivity index (χ1) is 8.68. The maximum atomic E-state index is 12.4. The zero-order chi connectivity index (χ0) is 12.7. The van der Waals surface area contributed by atoms with Crippen LogP contribution >= 0.6 is 0 Å². The molecule has 1 aromatic heterocycles. The van der Waals surface area contributed by atoms with Crippen LogP contribution < -0.4 is 16.7 Å². The van der Waals surface area contributed by atoms with E-state index in [4.69, 9.17) is 5.73 Å². The highest BCUT2D eigenvalue weighted by molar-refractivity contribution is 5.97. The summed E-state index contributed by atoms with van der Waals surface area (Å²) in [6.07, 6.45) is 0. The highest BCUT2D eigenvalue weighted by Crippen LogP contribution is 2.15. The summed E-state index contributed by atoms with van der Waals surface area (Å²) in [6.45, 7) is 0. The number of benzene rings is 2. The van der Waals surface area contributed by atoms with Crippen LogP contribution in [0.5, 0.6) is 0 Å². The van der Waals surface area contributed by atoms with Gasteiger partial charge in [0.05, 0.1) is 16.3 Å². The van der Waals surface area contributed by atoms with Crippen molar-refractivity contribution in [2.45, 2.75) is 0 Å². The SMILES string of the molecule is Nc1cccc2c(=O)[nH]c3ccccc3c(=O)c12. The minimum atomic E-state index is -0.310. The van der Waals surface area contributed by atoms with Gasteiger partial charge in [-0.2, -0.15) is 0 Å². The molecule has 3 N–H and O–H groups in total. The van der Waals surface area contributed by atoms with Crippen molar-refractivity contribution in [3.63, 3.8) is 0 Å². The number of aromatic nitrogens is 1. The quantitative estimate of drug-likeness (QED) is 0.584. The molecule has 2 aromatic carbocycles. The summed E-state index contributed by atoms with van der Waals surface area (Å²) in [6, 6.07) is 11.8. The van der Waals surface area contributed by atoms with Crippen molar-refractivity contribution >= 4 is 27.4 Å². The Balaban J connectivity index is 2.81. The third-order valence-corrected chi connectivity index (χ3v) is 2.99. The zero-order valence-electron chi connectivity index (χ0n) is 9.44. The summed E-state index contributed by atoms with van der Waals surface area (Å²) in [4.78, 5) is 27.2. The van der Waals surface area contributed by atoms with Gasteiger partial charge in [-0.05, 0) is 24.3 Å². The summed E-state index contributed by atoms with van der Waals surface area (Å²) >= 11 is 0. The standard InChI is InChI=1S/C14H10N2O2/c15-10-6-3-5-9-12(10)13(17)8-4-1-2-7-11(8)16-14(9)18/h1-7H,15H2,(H,16,18). The molecule has 88 valence electrons. The second-order valence-electron chi connectivity index (χ2n) is 4.10. The van der Waals surface area contributed by atoms with Gasteiger partial charge in [-0.3, -0.25) is 9.59 Å². The Morgan fingerprint density at radius 2 is 1.61 bits per heavy atom. The van der Waals surface area contributed by atoms with Gasteiger partial charge in [0.25, 0.3) is 5.56 Å². The lowest BCUT2D eigenvalue weighted by atomic mass is 10.1. The highest BCUT2D eigenvalue weighted by Gasteiger charge is 2.07. The molecule has 0 saturated heterocycles. The van der Waals surface area contributed by atoms with Gasteiger partial charge in [0, 0.05) is 11.1 Å². The summed E-state index contributed by atoms with van der Waals surface area (Å²) in [7, 11) is 0. The van der Waals surface area contributed by atoms with Crippen LogP contribution in [0.3, 0.4) is 0 Å². The van der Waals surface area contributed by atoms with E-state index in [1.165, 1.54) is 0 Å². The van der Waals surface area contributed by atoms with E-state index in [0.29, 0.717) is 22.0 Å². The molecule has 0 bridgehead atoms. The largest absolute Gasteiger partial charge is 0.398 e. The lowest BCUT2D eigenvalue weighted by Crippen LogP contribution is -2.05. The number of nitrogens with two attached hydrogens (primary N) is 1. The van der Waals surface area contributed by atoms with Crippen LogP contribution in [-0.2, 0) is 0 Å². The van der Waals surface area contributed by atoms with Gasteiger partial charge in [0.15, 0.2) is 5.43 Å². The third-order valence-electron chi connectivity index (χ3n) is 2.99. The minimum Gasteiger partial charge on any atom is -0.398 e. The molecule has 0 radical (unpaired) electrons. The molecule has 1 heterocycles. The second-order valence-corrected chi connectivity index (χ2v) is 4.10. The molecule has 3 aromatic rings. The van der Waals surface area contributed by atoms with Crippen molar-refractivity contribution in [2.24, 2.45) is 0 Å². The fourth-order valence-electron chi connectivity index (χ4n) is 2.13. The lowest BCUT2D eigenvalue weighted by Gasteiger charge is -1.95. The second kappa shape index (κ2) is 3.70. The van der Waals surface area contributed by atoms with Gasteiger partial charge in [-0.25, -0.2) is 0 Å². The minimum absolute atomic E-state index is 0.225. The number of nitrogen functional groups attached to an aromatic ring is 1. The van der Waals surface area contributed by atoms with E-state index in [9.17, 15) is 9.59 Å². The lowest BCUT2D eigenvalue weighted by molar-refractivity contribution is 1.36. The fraction of sp³-hybridized carbons (Fsp3) is 0. The first-order valence-corrected chi connectivity index (χ1v) is 5.52. The smallest absolute Gasteiger partial charge is 0.256 e. The van der Waals surface area contributed by atoms with Gasteiger partial charge >= 0.3 is 0 Å². The summed E-state index contributed by atoms with van der Waals surface area (Å²) in [5.41, 5.74) is 6.13. The van der Waals surface area contributed by atoms with Gasteiger partial charge in [0.2, 0.25) is 0 Å². The average molecular weight is 238 g/mol. The van der Waals surface area contributed by atoms with Crippen LogP contribution in [0.4, 0.5) is 5.69 Å². The summed E-state index contributed by atoms with van der Waals surface area (Å²) < 4.78 is 0. The van der Waals surface area contributed by atoms with Crippen molar-refractivity contribution in [1.29, 1.82) is 0 Å². The number of fused-ring (bicyclic) bond motifs is 2. The molecule has 4 heteroatoms. The molecule has 0 atom stereocenters. The number of H-pyrrole nitrogens is 1. The number of aromatic amines is 1. The number of anilines is 1. The number of rotatable bonds is 0. The Kier molecular flexibility index (Phi) is 2.16. The van der Waals surface area contributed by atoms with E-state index in [0.717, 1.165) is 0 Å². The Hall–Kier alpha value is -2.62. The van der Waals surface area contributed by atoms with E-state index in [-0.39, 0.29) is 16.4 Å². The van der Waals surface area contributed by atoms with Gasteiger partial charge in [0.1, 0.15) is 0 Å². The molecule has 0 amide bonds. The van der Waals surface area contributed by atoms with E-state index in [1.807, 2.05) is 0 Å². The van der Waals surface area contributed by atoms with Crippen LogP contribution in [0.25, 0.3) is 21.7 Å². The molecule has 0 fully saturated rings. The summed E-state index contributed by atoms with van der Waals surface area (Å²) in [5, 5.41) is 1.05. The maximum Gasteiger partial charge on any atom is 0.256 e. The normalized spacial score (nSPS) is 10.9. The van der Waals surface area contributed by atoms with E-state index in [2.05, 4.69) is 4.98 Å². The van der Waals surface area contributed by atoms with Crippen LogP contribution in [0.15, 0.2) is 52.1 Å². The molecular formula is C14H10N2O2. The van der Waals surface area contributed by atoms with Crippen LogP contribution in [0.1, 0.15) is 0 Å². The van der Waals surface area contributed by atoms with Gasteiger partial charge < -0.3 is 10.7 Å². The topological polar surface area (TPSA) is 76.0 Å². The Morgan fingerprint density at radius 3 is 2.44 bits per heavy atom. The number of hydrogen-bond donors (Lipinski definition) is 2. The van der Waals surface area contributed by atoms with Gasteiger partial charge in [-0.15, -0.1) is 0 Å².